The molecule has 0 aliphatic carbocycles. The lowest BCUT2D eigenvalue weighted by molar-refractivity contribution is -0.402. The van der Waals surface area contributed by atoms with Crippen LogP contribution in [-0.4, -0.2) is 36.5 Å². The minimum atomic E-state index is -0.503. The first-order chi connectivity index (χ1) is 8.19. The zero-order valence-corrected chi connectivity index (χ0v) is 9.89. The summed E-state index contributed by atoms with van der Waals surface area (Å²) in [7, 11) is 1.96. The minimum absolute atomic E-state index is 0.175. The van der Waals surface area contributed by atoms with E-state index in [4.69, 9.17) is 4.42 Å². The lowest BCUT2D eigenvalue weighted by Crippen LogP contribution is -2.24. The number of nitrogens with zero attached hydrogens (tertiary/aromatic N) is 2. The first-order valence-corrected chi connectivity index (χ1v) is 5.79. The van der Waals surface area contributed by atoms with E-state index in [-0.39, 0.29) is 5.88 Å². The van der Waals surface area contributed by atoms with Crippen LogP contribution in [-0.2, 0) is 6.54 Å². The quantitative estimate of drug-likeness (QED) is 0.618. The van der Waals surface area contributed by atoms with Crippen molar-refractivity contribution in [1.29, 1.82) is 0 Å². The lowest BCUT2D eigenvalue weighted by atomic mass is 10.1. The van der Waals surface area contributed by atoms with Crippen LogP contribution in [0, 0.1) is 16.0 Å². The Hall–Kier alpha value is -1.40. The average Bonchev–Trinajstić information content (AvgIpc) is 2.89. The molecule has 1 saturated heterocycles. The van der Waals surface area contributed by atoms with E-state index in [9.17, 15) is 10.1 Å². The van der Waals surface area contributed by atoms with Crippen LogP contribution in [0.15, 0.2) is 16.5 Å². The Labute approximate surface area is 99.7 Å². The summed E-state index contributed by atoms with van der Waals surface area (Å²) >= 11 is 0. The molecule has 0 aromatic carbocycles. The first-order valence-electron chi connectivity index (χ1n) is 5.79. The maximum Gasteiger partial charge on any atom is 0.433 e. The van der Waals surface area contributed by atoms with Crippen molar-refractivity contribution < 1.29 is 9.34 Å². The zero-order chi connectivity index (χ0) is 12.3. The molecule has 0 radical (unpaired) electrons. The Morgan fingerprint density at radius 3 is 3.12 bits per heavy atom. The molecule has 1 N–H and O–H groups in total. The highest BCUT2D eigenvalue weighted by molar-refractivity contribution is 5.17. The van der Waals surface area contributed by atoms with E-state index in [1.165, 1.54) is 12.5 Å². The van der Waals surface area contributed by atoms with Gasteiger partial charge in [-0.05, 0) is 38.5 Å². The molecule has 2 heterocycles. The van der Waals surface area contributed by atoms with Crippen molar-refractivity contribution in [2.75, 3.05) is 26.7 Å². The second kappa shape index (κ2) is 5.29. The van der Waals surface area contributed by atoms with Crippen LogP contribution in [0.1, 0.15) is 12.2 Å². The van der Waals surface area contributed by atoms with E-state index in [0.29, 0.717) is 18.2 Å². The van der Waals surface area contributed by atoms with Gasteiger partial charge in [-0.25, -0.2) is 0 Å². The fourth-order valence-electron chi connectivity index (χ4n) is 2.28. The van der Waals surface area contributed by atoms with Crippen LogP contribution in [0.3, 0.4) is 0 Å². The summed E-state index contributed by atoms with van der Waals surface area (Å²) < 4.78 is 5.15. The monoisotopic (exact) mass is 239 g/mol. The van der Waals surface area contributed by atoms with Gasteiger partial charge in [0.15, 0.2) is 0 Å². The molecule has 2 rings (SSSR count). The van der Waals surface area contributed by atoms with Crippen molar-refractivity contribution in [3.8, 4) is 0 Å². The number of likely N-dealkylation sites (tertiary alicyclic amines) is 1. The van der Waals surface area contributed by atoms with Crippen molar-refractivity contribution in [1.82, 2.24) is 10.2 Å². The number of nitro groups is 1. The summed E-state index contributed by atoms with van der Waals surface area (Å²) in [5.74, 6) is 1.16. The molecular weight excluding hydrogens is 222 g/mol. The number of hydrogen-bond acceptors (Lipinski definition) is 5. The third-order valence-electron chi connectivity index (χ3n) is 3.07. The van der Waals surface area contributed by atoms with Gasteiger partial charge in [0.05, 0.1) is 12.6 Å². The van der Waals surface area contributed by atoms with Crippen molar-refractivity contribution in [2.45, 2.75) is 13.0 Å². The number of furan rings is 1. The Bertz CT molecular complexity index is 391. The molecule has 0 amide bonds. The standard InChI is InChI=1S/C11H17N3O3/c1-12-6-9-4-5-13(7-9)8-10-2-3-11(17-10)14(15)16/h2-3,9,12H,4-8H2,1H3. The normalized spacial score (nSPS) is 20.9. The molecule has 1 aromatic heterocycles. The molecule has 1 aromatic rings. The van der Waals surface area contributed by atoms with Crippen LogP contribution in [0.4, 0.5) is 5.88 Å². The largest absolute Gasteiger partial charge is 0.433 e. The van der Waals surface area contributed by atoms with Gasteiger partial charge in [0, 0.05) is 6.54 Å². The fraction of sp³-hybridized carbons (Fsp3) is 0.636. The first kappa shape index (κ1) is 12.1. The van der Waals surface area contributed by atoms with Gasteiger partial charge in [0.25, 0.3) is 0 Å². The summed E-state index contributed by atoms with van der Waals surface area (Å²) in [4.78, 5) is 12.2. The van der Waals surface area contributed by atoms with Gasteiger partial charge in [-0.1, -0.05) is 0 Å². The van der Waals surface area contributed by atoms with Gasteiger partial charge < -0.3 is 9.73 Å². The summed E-state index contributed by atoms with van der Waals surface area (Å²) in [5.41, 5.74) is 0. The molecule has 0 spiro atoms. The van der Waals surface area contributed by atoms with Crippen molar-refractivity contribution >= 4 is 5.88 Å². The highest BCUT2D eigenvalue weighted by atomic mass is 16.6. The molecule has 0 saturated carbocycles. The zero-order valence-electron chi connectivity index (χ0n) is 9.89. The van der Waals surface area contributed by atoms with Crippen molar-refractivity contribution in [3.05, 3.63) is 28.0 Å². The van der Waals surface area contributed by atoms with Crippen LogP contribution < -0.4 is 5.32 Å². The van der Waals surface area contributed by atoms with Gasteiger partial charge in [-0.2, -0.15) is 0 Å². The number of hydrogen-bond donors (Lipinski definition) is 1. The molecule has 17 heavy (non-hydrogen) atoms. The molecule has 1 aliphatic rings. The molecule has 1 atom stereocenters. The van der Waals surface area contributed by atoms with Gasteiger partial charge >= 0.3 is 5.88 Å². The van der Waals surface area contributed by atoms with Gasteiger partial charge in [0.1, 0.15) is 10.7 Å². The van der Waals surface area contributed by atoms with Gasteiger partial charge in [0.2, 0.25) is 0 Å². The second-order valence-corrected chi connectivity index (χ2v) is 4.44. The van der Waals surface area contributed by atoms with Crippen LogP contribution in [0.2, 0.25) is 0 Å². The lowest BCUT2D eigenvalue weighted by Gasteiger charge is -2.13. The van der Waals surface area contributed by atoms with E-state index in [2.05, 4.69) is 10.2 Å². The van der Waals surface area contributed by atoms with E-state index in [1.54, 1.807) is 6.07 Å². The van der Waals surface area contributed by atoms with E-state index < -0.39 is 4.92 Å². The van der Waals surface area contributed by atoms with E-state index in [0.717, 1.165) is 19.6 Å². The molecule has 6 nitrogen and oxygen atoms in total. The average molecular weight is 239 g/mol. The molecule has 0 bridgehead atoms. The maximum atomic E-state index is 10.5. The smallest absolute Gasteiger partial charge is 0.404 e. The Morgan fingerprint density at radius 1 is 1.65 bits per heavy atom. The van der Waals surface area contributed by atoms with Crippen LogP contribution >= 0.6 is 0 Å². The molecule has 1 aliphatic heterocycles. The fourth-order valence-corrected chi connectivity index (χ4v) is 2.28. The highest BCUT2D eigenvalue weighted by Crippen LogP contribution is 2.21. The molecular formula is C11H17N3O3. The predicted molar refractivity (Wildman–Crippen MR) is 62.7 cm³/mol. The summed E-state index contributed by atoms with van der Waals surface area (Å²) in [6.45, 7) is 3.74. The SMILES string of the molecule is CNCC1CCN(Cc2ccc([N+](=O)[O-])o2)C1. The summed E-state index contributed by atoms with van der Waals surface area (Å²) in [6.07, 6.45) is 1.17. The second-order valence-electron chi connectivity index (χ2n) is 4.44. The Morgan fingerprint density at radius 2 is 2.47 bits per heavy atom. The number of rotatable bonds is 5. The summed E-state index contributed by atoms with van der Waals surface area (Å²) in [6, 6.07) is 3.10. The van der Waals surface area contributed by atoms with Crippen LogP contribution in [0.5, 0.6) is 0 Å². The van der Waals surface area contributed by atoms with E-state index >= 15 is 0 Å². The molecule has 1 fully saturated rings. The van der Waals surface area contributed by atoms with Crippen molar-refractivity contribution in [3.63, 3.8) is 0 Å². The molecule has 94 valence electrons. The third-order valence-corrected chi connectivity index (χ3v) is 3.07. The summed E-state index contributed by atoms with van der Waals surface area (Å²) in [5, 5.41) is 13.7. The van der Waals surface area contributed by atoms with Crippen LogP contribution in [0.25, 0.3) is 0 Å². The topological polar surface area (TPSA) is 71.5 Å². The Balaban J connectivity index is 1.87. The highest BCUT2D eigenvalue weighted by Gasteiger charge is 2.23. The molecule has 6 heteroatoms. The predicted octanol–water partition coefficient (Wildman–Crippen LogP) is 1.23. The van der Waals surface area contributed by atoms with E-state index in [1.807, 2.05) is 7.05 Å². The number of nitrogens with one attached hydrogen (secondary N) is 1. The molecule has 1 unspecified atom stereocenters. The maximum absolute atomic E-state index is 10.5. The van der Waals surface area contributed by atoms with Crippen molar-refractivity contribution in [2.24, 2.45) is 5.92 Å². The minimum Gasteiger partial charge on any atom is -0.404 e. The van der Waals surface area contributed by atoms with Gasteiger partial charge in [-0.15, -0.1) is 0 Å². The Kier molecular flexibility index (Phi) is 3.75. The van der Waals surface area contributed by atoms with Gasteiger partial charge in [-0.3, -0.25) is 15.0 Å². The third kappa shape index (κ3) is 3.04.